The van der Waals surface area contributed by atoms with Gasteiger partial charge >= 0.3 is 0 Å². The molecule has 1 aliphatic carbocycles. The van der Waals surface area contributed by atoms with Gasteiger partial charge in [0.1, 0.15) is 0 Å². The van der Waals surface area contributed by atoms with E-state index in [0.29, 0.717) is 18.2 Å². The zero-order chi connectivity index (χ0) is 14.6. The second-order valence-electron chi connectivity index (χ2n) is 5.83. The highest BCUT2D eigenvalue weighted by molar-refractivity contribution is 7.89. The molecule has 3 N–H and O–H groups in total. The number of rotatable bonds is 6. The summed E-state index contributed by atoms with van der Waals surface area (Å²) < 4.78 is 26.7. The van der Waals surface area contributed by atoms with Gasteiger partial charge in [-0.2, -0.15) is 0 Å². The first-order chi connectivity index (χ1) is 9.51. The minimum atomic E-state index is -3.45. The van der Waals surface area contributed by atoms with Crippen molar-refractivity contribution in [2.45, 2.75) is 50.5 Å². The molecule has 114 valence electrons. The molecule has 20 heavy (non-hydrogen) atoms. The van der Waals surface area contributed by atoms with E-state index in [0.717, 1.165) is 12.3 Å². The van der Waals surface area contributed by atoms with Crippen LogP contribution < -0.4 is 4.72 Å². The lowest BCUT2D eigenvalue weighted by Crippen LogP contribution is -2.26. The number of aromatic amines is 1. The number of nitrogens with one attached hydrogen (secondary N) is 2. The molecule has 6 heteroatoms. The Hall–Kier alpha value is -0.850. The molecule has 1 aromatic heterocycles. The van der Waals surface area contributed by atoms with Crippen molar-refractivity contribution in [1.82, 2.24) is 9.71 Å². The fraction of sp³-hybridized carbons (Fsp3) is 0.714. The molecule has 1 heterocycles. The Morgan fingerprint density at radius 1 is 1.35 bits per heavy atom. The molecule has 0 spiro atoms. The molecule has 5 nitrogen and oxygen atoms in total. The van der Waals surface area contributed by atoms with Crippen molar-refractivity contribution in [2.75, 3.05) is 6.54 Å². The zero-order valence-corrected chi connectivity index (χ0v) is 12.7. The van der Waals surface area contributed by atoms with Crippen LogP contribution in [0.1, 0.15) is 44.7 Å². The van der Waals surface area contributed by atoms with Gasteiger partial charge in [-0.3, -0.25) is 0 Å². The number of aliphatic hydroxyl groups is 1. The van der Waals surface area contributed by atoms with E-state index >= 15 is 0 Å². The van der Waals surface area contributed by atoms with Crippen LogP contribution in [0.4, 0.5) is 0 Å². The van der Waals surface area contributed by atoms with Crippen LogP contribution in [0.15, 0.2) is 17.2 Å². The van der Waals surface area contributed by atoms with Gasteiger partial charge in [0.25, 0.3) is 0 Å². The fourth-order valence-electron chi connectivity index (χ4n) is 2.76. The van der Waals surface area contributed by atoms with Crippen molar-refractivity contribution >= 4 is 10.0 Å². The molecular weight excluding hydrogens is 276 g/mol. The molecule has 1 saturated carbocycles. The second-order valence-corrected chi connectivity index (χ2v) is 7.60. The highest BCUT2D eigenvalue weighted by Gasteiger charge is 2.20. The largest absolute Gasteiger partial charge is 0.390 e. The number of aromatic nitrogens is 1. The third-order valence-electron chi connectivity index (χ3n) is 4.18. The minimum absolute atomic E-state index is 0.185. The molecule has 0 radical (unpaired) electrons. The monoisotopic (exact) mass is 300 g/mol. The summed E-state index contributed by atoms with van der Waals surface area (Å²) in [6.07, 6.45) is 7.26. The molecule has 1 aliphatic rings. The van der Waals surface area contributed by atoms with Crippen LogP contribution in [0.3, 0.4) is 0 Å². The van der Waals surface area contributed by atoms with Crippen LogP contribution in [-0.2, 0) is 16.6 Å². The molecule has 0 unspecified atom stereocenters. The Morgan fingerprint density at radius 3 is 2.65 bits per heavy atom. The molecule has 2 rings (SSSR count). The first-order valence-electron chi connectivity index (χ1n) is 7.29. The van der Waals surface area contributed by atoms with Crippen LogP contribution in [0, 0.1) is 11.8 Å². The van der Waals surface area contributed by atoms with Crippen LogP contribution in [0.2, 0.25) is 0 Å². The van der Waals surface area contributed by atoms with E-state index in [1.54, 1.807) is 0 Å². The van der Waals surface area contributed by atoms with Gasteiger partial charge < -0.3 is 10.1 Å². The highest BCUT2D eigenvalue weighted by Crippen LogP contribution is 2.30. The van der Waals surface area contributed by atoms with Crippen molar-refractivity contribution in [3.8, 4) is 0 Å². The van der Waals surface area contributed by atoms with Crippen LogP contribution in [0.25, 0.3) is 0 Å². The van der Waals surface area contributed by atoms with E-state index in [1.165, 1.54) is 37.9 Å². The third-order valence-corrected chi connectivity index (χ3v) is 5.62. The Bertz CT molecular complexity index is 516. The highest BCUT2D eigenvalue weighted by atomic mass is 32.2. The average Bonchev–Trinajstić information content (AvgIpc) is 2.90. The van der Waals surface area contributed by atoms with Gasteiger partial charge in [0.05, 0.1) is 11.5 Å². The molecule has 0 atom stereocenters. The fourth-order valence-corrected chi connectivity index (χ4v) is 3.83. The SMILES string of the molecule is CC1CCC(CCNS(=O)(=O)c2c[nH]c(CO)c2)CC1. The summed E-state index contributed by atoms with van der Waals surface area (Å²) in [6, 6.07) is 1.46. The number of aliphatic hydroxyl groups excluding tert-OH is 1. The van der Waals surface area contributed by atoms with E-state index in [9.17, 15) is 8.42 Å². The molecule has 0 saturated heterocycles. The maximum atomic E-state index is 12.0. The van der Waals surface area contributed by atoms with Crippen molar-refractivity contribution in [1.29, 1.82) is 0 Å². The molecule has 0 amide bonds. The number of H-pyrrole nitrogens is 1. The summed E-state index contributed by atoms with van der Waals surface area (Å²) in [6.45, 7) is 2.58. The van der Waals surface area contributed by atoms with Gasteiger partial charge in [-0.05, 0) is 24.3 Å². The van der Waals surface area contributed by atoms with E-state index < -0.39 is 10.0 Å². The van der Waals surface area contributed by atoms with Crippen LogP contribution >= 0.6 is 0 Å². The van der Waals surface area contributed by atoms with Gasteiger partial charge in [-0.15, -0.1) is 0 Å². The first-order valence-corrected chi connectivity index (χ1v) is 8.77. The summed E-state index contributed by atoms with van der Waals surface area (Å²) in [5.41, 5.74) is 0.506. The predicted molar refractivity (Wildman–Crippen MR) is 77.6 cm³/mol. The standard InChI is InChI=1S/C14H24N2O3S/c1-11-2-4-12(5-3-11)6-7-16-20(18,19)14-8-13(10-17)15-9-14/h8-9,11-12,15-17H,2-7,10H2,1H3. The number of hydrogen-bond acceptors (Lipinski definition) is 3. The average molecular weight is 300 g/mol. The van der Waals surface area contributed by atoms with Crippen LogP contribution in [-0.4, -0.2) is 25.1 Å². The predicted octanol–water partition coefficient (Wildman–Crippen LogP) is 2.00. The van der Waals surface area contributed by atoms with E-state index in [2.05, 4.69) is 16.6 Å². The molecule has 1 fully saturated rings. The number of hydrogen-bond donors (Lipinski definition) is 3. The maximum absolute atomic E-state index is 12.0. The van der Waals surface area contributed by atoms with Crippen molar-refractivity contribution < 1.29 is 13.5 Å². The zero-order valence-electron chi connectivity index (χ0n) is 11.9. The number of sulfonamides is 1. The normalized spacial score (nSPS) is 23.9. The van der Waals surface area contributed by atoms with Gasteiger partial charge in [0, 0.05) is 18.4 Å². The minimum Gasteiger partial charge on any atom is -0.390 e. The second kappa shape index (κ2) is 6.74. The van der Waals surface area contributed by atoms with E-state index in [4.69, 9.17) is 5.11 Å². The Morgan fingerprint density at radius 2 is 2.05 bits per heavy atom. The van der Waals surface area contributed by atoms with Gasteiger partial charge in [-0.25, -0.2) is 13.1 Å². The quantitative estimate of drug-likeness (QED) is 0.751. The smallest absolute Gasteiger partial charge is 0.242 e. The Kier molecular flexibility index (Phi) is 5.23. The summed E-state index contributed by atoms with van der Waals surface area (Å²) in [4.78, 5) is 2.93. The Balaban J connectivity index is 1.80. The van der Waals surface area contributed by atoms with Crippen molar-refractivity contribution in [3.05, 3.63) is 18.0 Å². The Labute approximate surface area is 120 Å². The van der Waals surface area contributed by atoms with Crippen LogP contribution in [0.5, 0.6) is 0 Å². The van der Waals surface area contributed by atoms with Crippen molar-refractivity contribution in [3.63, 3.8) is 0 Å². The van der Waals surface area contributed by atoms with Crippen molar-refractivity contribution in [2.24, 2.45) is 11.8 Å². The molecule has 0 bridgehead atoms. The first kappa shape index (κ1) is 15.5. The lowest BCUT2D eigenvalue weighted by molar-refractivity contribution is 0.277. The summed E-state index contributed by atoms with van der Waals surface area (Å²) in [7, 11) is -3.45. The van der Waals surface area contributed by atoms with E-state index in [-0.39, 0.29) is 11.5 Å². The molecular formula is C14H24N2O3S. The third kappa shape index (κ3) is 4.07. The molecule has 1 aromatic rings. The molecule has 0 aliphatic heterocycles. The summed E-state index contributed by atoms with van der Waals surface area (Å²) >= 11 is 0. The lowest BCUT2D eigenvalue weighted by Gasteiger charge is -2.26. The van der Waals surface area contributed by atoms with E-state index in [1.807, 2.05) is 0 Å². The summed E-state index contributed by atoms with van der Waals surface area (Å²) in [5.74, 6) is 1.47. The van der Waals surface area contributed by atoms with Gasteiger partial charge in [0.2, 0.25) is 10.0 Å². The lowest BCUT2D eigenvalue weighted by atomic mass is 9.81. The van der Waals surface area contributed by atoms with Gasteiger partial charge in [0.15, 0.2) is 0 Å². The molecule has 0 aromatic carbocycles. The maximum Gasteiger partial charge on any atom is 0.242 e. The summed E-state index contributed by atoms with van der Waals surface area (Å²) in [5, 5.41) is 8.94. The topological polar surface area (TPSA) is 82.2 Å². The van der Waals surface area contributed by atoms with Gasteiger partial charge in [-0.1, -0.05) is 32.6 Å².